The van der Waals surface area contributed by atoms with Crippen molar-refractivity contribution in [1.29, 1.82) is 0 Å². The van der Waals surface area contributed by atoms with E-state index in [2.05, 4.69) is 15.2 Å². The van der Waals surface area contributed by atoms with Crippen LogP contribution in [-0.4, -0.2) is 49.4 Å². The number of ether oxygens (including phenoxy) is 3. The molecule has 1 saturated heterocycles. The molecule has 1 fully saturated rings. The Hall–Kier alpha value is -3.82. The zero-order valence-electron chi connectivity index (χ0n) is 15.8. The number of carbonyl (C=O) groups excluding carboxylic acids is 3. The number of methoxy groups -OCH3 is 1. The van der Waals surface area contributed by atoms with Crippen molar-refractivity contribution < 1.29 is 33.0 Å². The van der Waals surface area contributed by atoms with Gasteiger partial charge in [0, 0.05) is 0 Å². The molecule has 3 rings (SSSR count). The molecule has 0 aliphatic carbocycles. The number of carbonyl (C=O) groups is 3. The highest BCUT2D eigenvalue weighted by Crippen LogP contribution is 2.29. The van der Waals surface area contributed by atoms with Gasteiger partial charge in [0.15, 0.2) is 11.5 Å². The van der Waals surface area contributed by atoms with Gasteiger partial charge in [-0.3, -0.25) is 10.1 Å². The predicted molar refractivity (Wildman–Crippen MR) is 99.8 cm³/mol. The fraction of sp³-hybridized carbons (Fsp3) is 0.263. The van der Waals surface area contributed by atoms with Crippen LogP contribution >= 0.6 is 0 Å². The summed E-state index contributed by atoms with van der Waals surface area (Å²) in [5.74, 6) is 0.505. The summed E-state index contributed by atoms with van der Waals surface area (Å²) < 4.78 is 21.3. The second-order valence-electron chi connectivity index (χ2n) is 5.84. The second kappa shape index (κ2) is 8.91. The molecule has 0 atom stereocenters. The van der Waals surface area contributed by atoms with E-state index in [0.29, 0.717) is 29.4 Å². The summed E-state index contributed by atoms with van der Waals surface area (Å²) in [4.78, 5) is 34.1. The van der Waals surface area contributed by atoms with Gasteiger partial charge >= 0.3 is 12.0 Å². The quantitative estimate of drug-likeness (QED) is 0.408. The van der Waals surface area contributed by atoms with Crippen molar-refractivity contribution in [2.24, 2.45) is 5.10 Å². The lowest BCUT2D eigenvalue weighted by Gasteiger charge is -2.12. The number of amides is 3. The maximum absolute atomic E-state index is 11.5. The van der Waals surface area contributed by atoms with Gasteiger partial charge in [-0.2, -0.15) is 5.10 Å². The summed E-state index contributed by atoms with van der Waals surface area (Å²) in [5.41, 5.74) is 0.652. The zero-order valence-corrected chi connectivity index (χ0v) is 15.8. The highest BCUT2D eigenvalue weighted by molar-refractivity contribution is 6.02. The van der Waals surface area contributed by atoms with Crippen LogP contribution in [-0.2, 0) is 16.1 Å². The topological polar surface area (TPSA) is 120 Å². The molecule has 29 heavy (non-hydrogen) atoms. The van der Waals surface area contributed by atoms with Crippen molar-refractivity contribution in [3.05, 3.63) is 47.4 Å². The predicted octanol–water partition coefficient (Wildman–Crippen LogP) is 1.93. The number of rotatable bonds is 8. The summed E-state index contributed by atoms with van der Waals surface area (Å²) >= 11 is 0. The maximum Gasteiger partial charge on any atom is 0.373 e. The van der Waals surface area contributed by atoms with E-state index in [-0.39, 0.29) is 18.9 Å². The molecular weight excluding hydrogens is 382 g/mol. The van der Waals surface area contributed by atoms with Gasteiger partial charge in [-0.15, -0.1) is 0 Å². The fourth-order valence-electron chi connectivity index (χ4n) is 2.47. The van der Waals surface area contributed by atoms with Crippen LogP contribution in [0.3, 0.4) is 0 Å². The van der Waals surface area contributed by atoms with Crippen molar-refractivity contribution in [3.63, 3.8) is 0 Å². The standard InChI is InChI=1S/C19H19N3O7/c1-3-27-16-8-12(9-20-22-10-17(23)21-19(22)25)4-6-14(16)28-11-13-5-7-15(29-13)18(24)26-2/h4-9H,3,10-11H2,1-2H3,(H,21,23,25)/b20-9-. The summed E-state index contributed by atoms with van der Waals surface area (Å²) in [5, 5.41) is 7.17. The van der Waals surface area contributed by atoms with Gasteiger partial charge in [-0.05, 0) is 42.8 Å². The van der Waals surface area contributed by atoms with Crippen LogP contribution in [0.4, 0.5) is 4.79 Å². The number of nitrogens with one attached hydrogen (secondary N) is 1. The molecule has 0 radical (unpaired) electrons. The first-order valence-corrected chi connectivity index (χ1v) is 8.72. The van der Waals surface area contributed by atoms with E-state index in [1.807, 2.05) is 6.92 Å². The van der Waals surface area contributed by atoms with E-state index in [4.69, 9.17) is 13.9 Å². The Balaban J connectivity index is 1.69. The van der Waals surface area contributed by atoms with Gasteiger partial charge in [0.1, 0.15) is 18.9 Å². The number of esters is 1. The van der Waals surface area contributed by atoms with E-state index >= 15 is 0 Å². The van der Waals surface area contributed by atoms with Gasteiger partial charge in [-0.1, -0.05) is 0 Å². The minimum atomic E-state index is -0.569. The highest BCUT2D eigenvalue weighted by Gasteiger charge is 2.25. The summed E-state index contributed by atoms with van der Waals surface area (Å²) in [6, 6.07) is 7.66. The molecule has 0 bridgehead atoms. The SMILES string of the molecule is CCOc1cc(/C=N\N2CC(=O)NC2=O)ccc1OCc1ccc(C(=O)OC)o1. The van der Waals surface area contributed by atoms with Crippen LogP contribution in [0.25, 0.3) is 0 Å². The molecule has 0 saturated carbocycles. The molecule has 152 valence electrons. The van der Waals surface area contributed by atoms with E-state index in [1.54, 1.807) is 24.3 Å². The number of benzene rings is 1. The average Bonchev–Trinajstić information content (AvgIpc) is 3.31. The number of nitrogens with zero attached hydrogens (tertiary/aromatic N) is 2. The molecule has 1 N–H and O–H groups in total. The number of imide groups is 1. The number of hydrogen-bond acceptors (Lipinski definition) is 8. The summed E-state index contributed by atoms with van der Waals surface area (Å²) in [7, 11) is 1.27. The molecule has 1 aliphatic heterocycles. The third kappa shape index (κ3) is 4.92. The van der Waals surface area contributed by atoms with Gasteiger partial charge in [0.2, 0.25) is 11.7 Å². The largest absolute Gasteiger partial charge is 0.490 e. The van der Waals surface area contributed by atoms with Crippen molar-refractivity contribution in [2.45, 2.75) is 13.5 Å². The molecule has 2 aromatic rings. The minimum absolute atomic E-state index is 0.0839. The average molecular weight is 401 g/mol. The van der Waals surface area contributed by atoms with Crippen molar-refractivity contribution in [3.8, 4) is 11.5 Å². The van der Waals surface area contributed by atoms with E-state index in [9.17, 15) is 14.4 Å². The van der Waals surface area contributed by atoms with E-state index in [0.717, 1.165) is 5.01 Å². The smallest absolute Gasteiger partial charge is 0.373 e. The van der Waals surface area contributed by atoms with Crippen LogP contribution < -0.4 is 14.8 Å². The van der Waals surface area contributed by atoms with Crippen LogP contribution in [0.1, 0.15) is 28.8 Å². The van der Waals surface area contributed by atoms with Crippen molar-refractivity contribution in [2.75, 3.05) is 20.3 Å². The molecule has 3 amide bonds. The third-order valence-electron chi connectivity index (χ3n) is 3.81. The number of hydrogen-bond donors (Lipinski definition) is 1. The highest BCUT2D eigenvalue weighted by atomic mass is 16.5. The van der Waals surface area contributed by atoms with Crippen molar-refractivity contribution >= 4 is 24.1 Å². The van der Waals surface area contributed by atoms with Crippen LogP contribution in [0, 0.1) is 0 Å². The molecule has 0 spiro atoms. The van der Waals surface area contributed by atoms with Crippen LogP contribution in [0.5, 0.6) is 11.5 Å². The maximum atomic E-state index is 11.5. The first kappa shape index (κ1) is 19.9. The molecule has 1 aromatic carbocycles. The van der Waals surface area contributed by atoms with Crippen LogP contribution in [0.2, 0.25) is 0 Å². The van der Waals surface area contributed by atoms with Gasteiger partial charge in [0.05, 0.1) is 19.9 Å². The fourth-order valence-corrected chi connectivity index (χ4v) is 2.47. The Labute approximate surface area is 166 Å². The number of urea groups is 1. The molecule has 0 unspecified atom stereocenters. The molecule has 2 heterocycles. The molecule has 1 aliphatic rings. The third-order valence-corrected chi connectivity index (χ3v) is 3.81. The monoisotopic (exact) mass is 401 g/mol. The van der Waals surface area contributed by atoms with E-state index < -0.39 is 17.9 Å². The van der Waals surface area contributed by atoms with Crippen molar-refractivity contribution in [1.82, 2.24) is 10.3 Å². The molecule has 10 nitrogen and oxygen atoms in total. The summed E-state index contributed by atoms with van der Waals surface area (Å²) in [6.07, 6.45) is 1.44. The van der Waals surface area contributed by atoms with Crippen LogP contribution in [0.15, 0.2) is 39.9 Å². The first-order valence-electron chi connectivity index (χ1n) is 8.72. The lowest BCUT2D eigenvalue weighted by Crippen LogP contribution is -2.24. The molecule has 1 aromatic heterocycles. The lowest BCUT2D eigenvalue weighted by molar-refractivity contribution is -0.118. The Morgan fingerprint density at radius 3 is 2.76 bits per heavy atom. The number of furan rings is 1. The van der Waals surface area contributed by atoms with E-state index in [1.165, 1.54) is 19.4 Å². The Bertz CT molecular complexity index is 951. The molecular formula is C19H19N3O7. The van der Waals surface area contributed by atoms with Gasteiger partial charge in [-0.25, -0.2) is 14.6 Å². The zero-order chi connectivity index (χ0) is 20.8. The van der Waals surface area contributed by atoms with Gasteiger partial charge < -0.3 is 18.6 Å². The van der Waals surface area contributed by atoms with Gasteiger partial charge in [0.25, 0.3) is 0 Å². The Morgan fingerprint density at radius 2 is 2.07 bits per heavy atom. The minimum Gasteiger partial charge on any atom is -0.490 e. The Morgan fingerprint density at radius 1 is 1.24 bits per heavy atom. The second-order valence-corrected chi connectivity index (χ2v) is 5.84. The summed E-state index contributed by atoms with van der Waals surface area (Å²) in [6.45, 7) is 2.21. The number of hydrazone groups is 1. The normalized spacial score (nSPS) is 13.7. The Kier molecular flexibility index (Phi) is 6.12. The molecule has 10 heteroatoms. The first-order chi connectivity index (χ1) is 14.0. The lowest BCUT2D eigenvalue weighted by atomic mass is 10.2.